The van der Waals surface area contributed by atoms with E-state index >= 15 is 0 Å². The Balaban J connectivity index is 2.93. The number of hydrogen-bond acceptors (Lipinski definition) is 10. The van der Waals surface area contributed by atoms with Crippen LogP contribution in [0.1, 0.15) is 34.1 Å². The molecular weight excluding hydrogens is 372 g/mol. The van der Waals surface area contributed by atoms with E-state index < -0.39 is 41.7 Å². The fraction of sp³-hybridized carbons (Fsp3) is 0.733. The molecule has 0 aromatic rings. The standard InChI is InChI=1S/C15H22O8S2/c1-5-19-15(24)25-13-6-11(21-9(3)17)14(22-10(4)18)12(23-13)7-20-8(2)16/h11-14H,5-7H2,1-4H3. The normalized spacial score (nSPS) is 25.6. The minimum atomic E-state index is -0.890. The second-order valence-electron chi connectivity index (χ2n) is 5.17. The van der Waals surface area contributed by atoms with Gasteiger partial charge < -0.3 is 23.7 Å². The first-order valence-corrected chi connectivity index (χ1v) is 8.98. The van der Waals surface area contributed by atoms with E-state index in [4.69, 9.17) is 35.9 Å². The number of carbonyl (C=O) groups excluding carboxylic acids is 3. The van der Waals surface area contributed by atoms with Crippen molar-refractivity contribution in [3.63, 3.8) is 0 Å². The molecule has 0 radical (unpaired) electrons. The zero-order chi connectivity index (χ0) is 19.0. The van der Waals surface area contributed by atoms with Gasteiger partial charge in [0.15, 0.2) is 6.10 Å². The molecule has 0 aliphatic carbocycles. The molecule has 0 saturated carbocycles. The molecule has 8 nitrogen and oxygen atoms in total. The van der Waals surface area contributed by atoms with Crippen LogP contribution in [0.5, 0.6) is 0 Å². The van der Waals surface area contributed by atoms with E-state index in [0.29, 0.717) is 6.61 Å². The SMILES string of the molecule is CCOC(=S)SC1CC(OC(C)=O)C(OC(C)=O)C(COC(C)=O)O1. The minimum absolute atomic E-state index is 0.149. The molecule has 0 aromatic carbocycles. The predicted octanol–water partition coefficient (Wildman–Crippen LogP) is 1.58. The molecule has 0 N–H and O–H groups in total. The van der Waals surface area contributed by atoms with E-state index in [1.165, 1.54) is 20.8 Å². The van der Waals surface area contributed by atoms with Gasteiger partial charge >= 0.3 is 17.9 Å². The van der Waals surface area contributed by atoms with Gasteiger partial charge in [-0.15, -0.1) is 0 Å². The molecule has 10 heteroatoms. The van der Waals surface area contributed by atoms with E-state index in [1.807, 2.05) is 0 Å². The number of rotatable bonds is 6. The number of hydrogen-bond donors (Lipinski definition) is 0. The molecule has 0 spiro atoms. The summed E-state index contributed by atoms with van der Waals surface area (Å²) < 4.78 is 26.8. The zero-order valence-electron chi connectivity index (χ0n) is 14.5. The van der Waals surface area contributed by atoms with Crippen molar-refractivity contribution in [3.05, 3.63) is 0 Å². The smallest absolute Gasteiger partial charge is 0.303 e. The van der Waals surface area contributed by atoms with Crippen molar-refractivity contribution in [2.45, 2.75) is 57.9 Å². The Morgan fingerprint density at radius 2 is 1.72 bits per heavy atom. The molecule has 142 valence electrons. The summed E-state index contributed by atoms with van der Waals surface area (Å²) in [6.07, 6.45) is -2.20. The van der Waals surface area contributed by atoms with Crippen molar-refractivity contribution < 1.29 is 38.1 Å². The van der Waals surface area contributed by atoms with Gasteiger partial charge in [-0.05, 0) is 30.9 Å². The predicted molar refractivity (Wildman–Crippen MR) is 92.8 cm³/mol. The molecule has 4 unspecified atom stereocenters. The quantitative estimate of drug-likeness (QED) is 0.375. The molecule has 1 saturated heterocycles. The van der Waals surface area contributed by atoms with E-state index in [-0.39, 0.29) is 17.4 Å². The van der Waals surface area contributed by atoms with Crippen LogP contribution in [0.15, 0.2) is 0 Å². The lowest BCUT2D eigenvalue weighted by atomic mass is 10.0. The van der Waals surface area contributed by atoms with Crippen LogP contribution in [0.25, 0.3) is 0 Å². The van der Waals surface area contributed by atoms with Crippen molar-refractivity contribution >= 4 is 46.3 Å². The molecule has 1 heterocycles. The lowest BCUT2D eigenvalue weighted by Gasteiger charge is -2.39. The fourth-order valence-electron chi connectivity index (χ4n) is 2.23. The second kappa shape index (κ2) is 10.6. The third kappa shape index (κ3) is 8.02. The molecule has 4 atom stereocenters. The van der Waals surface area contributed by atoms with Gasteiger partial charge in [-0.3, -0.25) is 14.4 Å². The van der Waals surface area contributed by atoms with Gasteiger partial charge in [-0.1, -0.05) is 0 Å². The van der Waals surface area contributed by atoms with E-state index in [0.717, 1.165) is 11.8 Å². The molecule has 25 heavy (non-hydrogen) atoms. The van der Waals surface area contributed by atoms with Gasteiger partial charge in [-0.25, -0.2) is 0 Å². The Labute approximate surface area is 155 Å². The topological polar surface area (TPSA) is 97.4 Å². The maximum atomic E-state index is 11.4. The van der Waals surface area contributed by atoms with Crippen LogP contribution >= 0.6 is 24.0 Å². The molecule has 0 amide bonds. The van der Waals surface area contributed by atoms with Gasteiger partial charge in [0.05, 0.1) is 6.61 Å². The average Bonchev–Trinajstić information content (AvgIpc) is 2.47. The molecule has 0 aromatic heterocycles. The highest BCUT2D eigenvalue weighted by Gasteiger charge is 2.44. The van der Waals surface area contributed by atoms with Crippen molar-refractivity contribution in [2.75, 3.05) is 13.2 Å². The van der Waals surface area contributed by atoms with Crippen LogP contribution in [0, 0.1) is 0 Å². The number of carbonyl (C=O) groups is 3. The molecule has 1 aliphatic rings. The number of thiocarbonyl (C=S) groups is 1. The maximum Gasteiger partial charge on any atom is 0.303 e. The Bertz CT molecular complexity index is 510. The summed E-state index contributed by atoms with van der Waals surface area (Å²) in [7, 11) is 0. The van der Waals surface area contributed by atoms with Crippen molar-refractivity contribution in [3.8, 4) is 0 Å². The molecule has 1 fully saturated rings. The highest BCUT2D eigenvalue weighted by Crippen LogP contribution is 2.32. The Morgan fingerprint density at radius 1 is 1.08 bits per heavy atom. The van der Waals surface area contributed by atoms with Gasteiger partial charge in [0.25, 0.3) is 0 Å². The van der Waals surface area contributed by atoms with Gasteiger partial charge in [-0.2, -0.15) is 0 Å². The van der Waals surface area contributed by atoms with Gasteiger partial charge in [0.2, 0.25) is 4.38 Å². The summed E-state index contributed by atoms with van der Waals surface area (Å²) in [6, 6.07) is 0. The van der Waals surface area contributed by atoms with Crippen LogP contribution < -0.4 is 0 Å². The van der Waals surface area contributed by atoms with Gasteiger partial charge in [0.1, 0.15) is 24.3 Å². The van der Waals surface area contributed by atoms with Crippen LogP contribution in [0.4, 0.5) is 0 Å². The summed E-state index contributed by atoms with van der Waals surface area (Å²) in [5.41, 5.74) is -0.504. The molecule has 0 bridgehead atoms. The second-order valence-corrected chi connectivity index (χ2v) is 6.93. The van der Waals surface area contributed by atoms with Crippen molar-refractivity contribution in [1.29, 1.82) is 0 Å². The van der Waals surface area contributed by atoms with E-state index in [9.17, 15) is 14.4 Å². The fourth-order valence-corrected chi connectivity index (χ4v) is 3.56. The first-order valence-electron chi connectivity index (χ1n) is 7.69. The minimum Gasteiger partial charge on any atom is -0.479 e. The first-order chi connectivity index (χ1) is 11.7. The van der Waals surface area contributed by atoms with Gasteiger partial charge in [0, 0.05) is 27.2 Å². The van der Waals surface area contributed by atoms with Crippen molar-refractivity contribution in [2.24, 2.45) is 0 Å². The highest BCUT2D eigenvalue weighted by atomic mass is 32.2. The number of ether oxygens (including phenoxy) is 5. The summed E-state index contributed by atoms with van der Waals surface area (Å²) in [5.74, 6) is -1.59. The molecule has 1 aliphatic heterocycles. The molecule has 1 rings (SSSR count). The number of esters is 3. The number of thioether (sulfide) groups is 1. The zero-order valence-corrected chi connectivity index (χ0v) is 16.1. The summed E-state index contributed by atoms with van der Waals surface area (Å²) in [5, 5.41) is 0. The third-order valence-electron chi connectivity index (χ3n) is 3.04. The monoisotopic (exact) mass is 394 g/mol. The Hall–Kier alpha value is -1.39. The maximum absolute atomic E-state index is 11.4. The lowest BCUT2D eigenvalue weighted by molar-refractivity contribution is -0.204. The van der Waals surface area contributed by atoms with Crippen LogP contribution in [-0.2, 0) is 38.1 Å². The summed E-state index contributed by atoms with van der Waals surface area (Å²) in [6.45, 7) is 5.82. The Morgan fingerprint density at radius 3 is 2.24 bits per heavy atom. The van der Waals surface area contributed by atoms with Crippen molar-refractivity contribution in [1.82, 2.24) is 0 Å². The Kier molecular flexibility index (Phi) is 9.15. The van der Waals surface area contributed by atoms with E-state index in [2.05, 4.69) is 0 Å². The molecular formula is C15H22O8S2. The largest absolute Gasteiger partial charge is 0.479 e. The summed E-state index contributed by atoms with van der Waals surface area (Å²) in [4.78, 5) is 33.9. The van der Waals surface area contributed by atoms with E-state index in [1.54, 1.807) is 6.92 Å². The highest BCUT2D eigenvalue weighted by molar-refractivity contribution is 8.22. The first kappa shape index (κ1) is 21.7. The van der Waals surface area contributed by atoms with Crippen LogP contribution in [-0.4, -0.2) is 59.3 Å². The van der Waals surface area contributed by atoms with Crippen LogP contribution in [0.2, 0.25) is 0 Å². The lowest BCUT2D eigenvalue weighted by Crippen LogP contribution is -2.53. The summed E-state index contributed by atoms with van der Waals surface area (Å²) >= 11 is 6.24. The average molecular weight is 394 g/mol. The third-order valence-corrected chi connectivity index (χ3v) is 4.33. The van der Waals surface area contributed by atoms with Crippen LogP contribution in [0.3, 0.4) is 0 Å².